The third kappa shape index (κ3) is 4.35. The fraction of sp³-hybridized carbons (Fsp3) is 0.478. The summed E-state index contributed by atoms with van der Waals surface area (Å²) in [5.74, 6) is 1.25. The van der Waals surface area contributed by atoms with Crippen molar-refractivity contribution in [1.29, 1.82) is 5.26 Å². The predicted octanol–water partition coefficient (Wildman–Crippen LogP) is 3.80. The molecule has 6 nitrogen and oxygen atoms in total. The second-order valence-corrected chi connectivity index (χ2v) is 10.1. The molecule has 0 bridgehead atoms. The molecule has 0 spiro atoms. The van der Waals surface area contributed by atoms with Gasteiger partial charge in [-0.25, -0.2) is 13.4 Å². The molecule has 2 saturated heterocycles. The maximum atomic E-state index is 13.4. The molecule has 4 rings (SSSR count). The molecule has 3 heterocycles. The molecule has 0 unspecified atom stereocenters. The van der Waals surface area contributed by atoms with Gasteiger partial charge < -0.3 is 4.90 Å². The second-order valence-electron chi connectivity index (χ2n) is 8.19. The van der Waals surface area contributed by atoms with E-state index in [4.69, 9.17) is 5.26 Å². The van der Waals surface area contributed by atoms with Crippen LogP contribution in [0.5, 0.6) is 0 Å². The third-order valence-electron chi connectivity index (χ3n) is 6.38. The van der Waals surface area contributed by atoms with Crippen molar-refractivity contribution in [3.05, 3.63) is 54.2 Å². The standard InChI is InChI=1S/C23H28N4O2S/c24-17-19-10-11-23(25-18-19)26-15-12-20(13-16-26)22-9-5-2-6-14-27(22)30(28,29)21-7-3-1-4-8-21/h1,3-4,7-8,10-11,18,20,22H,2,5-6,9,12-16H2/t22-/m0/s1. The van der Waals surface area contributed by atoms with E-state index in [0.29, 0.717) is 22.9 Å². The smallest absolute Gasteiger partial charge is 0.243 e. The summed E-state index contributed by atoms with van der Waals surface area (Å²) < 4.78 is 28.6. The summed E-state index contributed by atoms with van der Waals surface area (Å²) in [5.41, 5.74) is 0.564. The van der Waals surface area contributed by atoms with Crippen molar-refractivity contribution in [2.75, 3.05) is 24.5 Å². The maximum absolute atomic E-state index is 13.4. The van der Waals surface area contributed by atoms with Crippen LogP contribution in [0.3, 0.4) is 0 Å². The lowest BCUT2D eigenvalue weighted by Gasteiger charge is -2.40. The molecule has 0 saturated carbocycles. The van der Waals surface area contributed by atoms with Crippen LogP contribution >= 0.6 is 0 Å². The molecular weight excluding hydrogens is 396 g/mol. The Bertz CT molecular complexity index is 978. The quantitative estimate of drug-likeness (QED) is 0.746. The maximum Gasteiger partial charge on any atom is 0.243 e. The zero-order valence-corrected chi connectivity index (χ0v) is 18.0. The fourth-order valence-corrected chi connectivity index (χ4v) is 6.53. The molecule has 0 amide bonds. The van der Waals surface area contributed by atoms with E-state index in [-0.39, 0.29) is 6.04 Å². The van der Waals surface area contributed by atoms with Crippen molar-refractivity contribution in [3.63, 3.8) is 0 Å². The number of aromatic nitrogens is 1. The van der Waals surface area contributed by atoms with Crippen LogP contribution in [0.2, 0.25) is 0 Å². The number of pyridine rings is 1. The average molecular weight is 425 g/mol. The van der Waals surface area contributed by atoms with Crippen molar-refractivity contribution < 1.29 is 8.42 Å². The van der Waals surface area contributed by atoms with E-state index in [9.17, 15) is 8.42 Å². The number of hydrogen-bond donors (Lipinski definition) is 0. The molecule has 0 radical (unpaired) electrons. The van der Waals surface area contributed by atoms with Gasteiger partial charge in [-0.05, 0) is 55.9 Å². The Morgan fingerprint density at radius 2 is 1.70 bits per heavy atom. The largest absolute Gasteiger partial charge is 0.357 e. The van der Waals surface area contributed by atoms with Crippen LogP contribution in [0.25, 0.3) is 0 Å². The van der Waals surface area contributed by atoms with Gasteiger partial charge in [-0.15, -0.1) is 0 Å². The number of anilines is 1. The molecule has 158 valence electrons. The fourth-order valence-electron chi connectivity index (χ4n) is 4.76. The molecular formula is C23H28N4O2S. The normalized spacial score (nSPS) is 21.7. The summed E-state index contributed by atoms with van der Waals surface area (Å²) in [7, 11) is -3.48. The molecule has 1 atom stereocenters. The van der Waals surface area contributed by atoms with Crippen molar-refractivity contribution in [2.24, 2.45) is 5.92 Å². The first-order valence-corrected chi connectivity index (χ1v) is 12.2. The van der Waals surface area contributed by atoms with Crippen LogP contribution in [0, 0.1) is 17.2 Å². The summed E-state index contributed by atoms with van der Waals surface area (Å²) in [6.45, 7) is 2.33. The van der Waals surface area contributed by atoms with Gasteiger partial charge in [-0.2, -0.15) is 9.57 Å². The highest BCUT2D eigenvalue weighted by Crippen LogP contribution is 2.34. The first kappa shape index (κ1) is 20.8. The summed E-state index contributed by atoms with van der Waals surface area (Å²) in [5, 5.41) is 8.96. The van der Waals surface area contributed by atoms with Gasteiger partial charge in [-0.1, -0.05) is 31.0 Å². The molecule has 2 aromatic rings. The Labute approximate surface area is 179 Å². The van der Waals surface area contributed by atoms with Gasteiger partial charge in [0, 0.05) is 31.9 Å². The number of nitriles is 1. The Hall–Kier alpha value is -2.43. The van der Waals surface area contributed by atoms with Crippen LogP contribution in [0.4, 0.5) is 5.82 Å². The van der Waals surface area contributed by atoms with Gasteiger partial charge in [0.2, 0.25) is 10.0 Å². The average Bonchev–Trinajstić information content (AvgIpc) is 3.07. The minimum atomic E-state index is -3.48. The van der Waals surface area contributed by atoms with Crippen molar-refractivity contribution in [3.8, 4) is 6.07 Å². The van der Waals surface area contributed by atoms with E-state index < -0.39 is 10.0 Å². The van der Waals surface area contributed by atoms with Crippen LogP contribution in [0.15, 0.2) is 53.6 Å². The Balaban J connectivity index is 1.49. The van der Waals surface area contributed by atoms with E-state index in [1.54, 1.807) is 40.8 Å². The first-order chi connectivity index (χ1) is 14.6. The van der Waals surface area contributed by atoms with Gasteiger partial charge in [0.15, 0.2) is 0 Å². The Kier molecular flexibility index (Phi) is 6.35. The molecule has 30 heavy (non-hydrogen) atoms. The minimum Gasteiger partial charge on any atom is -0.357 e. The number of benzene rings is 1. The first-order valence-electron chi connectivity index (χ1n) is 10.8. The number of piperidine rings is 1. The SMILES string of the molecule is N#Cc1ccc(N2CCC([C@@H]3CCCCCN3S(=O)(=O)c3ccccc3)CC2)nc1. The van der Waals surface area contributed by atoms with Gasteiger partial charge >= 0.3 is 0 Å². The summed E-state index contributed by atoms with van der Waals surface area (Å²) in [6, 6.07) is 14.7. The third-order valence-corrected chi connectivity index (χ3v) is 8.32. The highest BCUT2D eigenvalue weighted by atomic mass is 32.2. The van der Waals surface area contributed by atoms with Gasteiger partial charge in [-0.3, -0.25) is 0 Å². The monoisotopic (exact) mass is 424 g/mol. The van der Waals surface area contributed by atoms with Crippen molar-refractivity contribution >= 4 is 15.8 Å². The molecule has 7 heteroatoms. The lowest BCUT2D eigenvalue weighted by Crippen LogP contribution is -2.47. The topological polar surface area (TPSA) is 77.3 Å². The molecule has 2 fully saturated rings. The van der Waals surface area contributed by atoms with Crippen molar-refractivity contribution in [1.82, 2.24) is 9.29 Å². The summed E-state index contributed by atoms with van der Waals surface area (Å²) >= 11 is 0. The Morgan fingerprint density at radius 1 is 0.933 bits per heavy atom. The van der Waals surface area contributed by atoms with Gasteiger partial charge in [0.25, 0.3) is 0 Å². The predicted molar refractivity (Wildman–Crippen MR) is 116 cm³/mol. The number of sulfonamides is 1. The lowest BCUT2D eigenvalue weighted by atomic mass is 9.87. The molecule has 1 aromatic heterocycles. The minimum absolute atomic E-state index is 0.0637. The van der Waals surface area contributed by atoms with E-state index in [1.165, 1.54) is 0 Å². The van der Waals surface area contributed by atoms with Crippen LogP contribution in [0.1, 0.15) is 44.1 Å². The van der Waals surface area contributed by atoms with Crippen LogP contribution < -0.4 is 4.90 Å². The lowest BCUT2D eigenvalue weighted by molar-refractivity contribution is 0.205. The number of nitrogens with zero attached hydrogens (tertiary/aromatic N) is 4. The second kappa shape index (κ2) is 9.15. The highest BCUT2D eigenvalue weighted by Gasteiger charge is 2.38. The van der Waals surface area contributed by atoms with Crippen molar-refractivity contribution in [2.45, 2.75) is 49.5 Å². The molecule has 0 N–H and O–H groups in total. The van der Waals surface area contributed by atoms with E-state index in [2.05, 4.69) is 16.0 Å². The number of hydrogen-bond acceptors (Lipinski definition) is 5. The molecule has 2 aliphatic heterocycles. The molecule has 1 aromatic carbocycles. The van der Waals surface area contributed by atoms with Gasteiger partial charge in [0.1, 0.15) is 11.9 Å². The zero-order chi connectivity index (χ0) is 21.0. The molecule has 0 aliphatic carbocycles. The summed E-state index contributed by atoms with van der Waals surface area (Å²) in [6.07, 6.45) is 7.55. The van der Waals surface area contributed by atoms with E-state index in [0.717, 1.165) is 57.4 Å². The van der Waals surface area contributed by atoms with E-state index in [1.807, 2.05) is 12.1 Å². The van der Waals surface area contributed by atoms with Crippen LogP contribution in [-0.2, 0) is 10.0 Å². The molecule has 2 aliphatic rings. The van der Waals surface area contributed by atoms with E-state index >= 15 is 0 Å². The zero-order valence-electron chi connectivity index (χ0n) is 17.2. The summed E-state index contributed by atoms with van der Waals surface area (Å²) in [4.78, 5) is 7.06. The van der Waals surface area contributed by atoms with Crippen LogP contribution in [-0.4, -0.2) is 43.4 Å². The Morgan fingerprint density at radius 3 is 2.37 bits per heavy atom. The number of rotatable bonds is 4. The highest BCUT2D eigenvalue weighted by molar-refractivity contribution is 7.89. The van der Waals surface area contributed by atoms with Gasteiger partial charge in [0.05, 0.1) is 10.5 Å².